The second-order valence-corrected chi connectivity index (χ2v) is 9.88. The molecule has 3 aromatic rings. The van der Waals surface area contributed by atoms with Gasteiger partial charge in [-0.25, -0.2) is 0 Å². The number of carboxylic acids is 1. The van der Waals surface area contributed by atoms with Gasteiger partial charge in [0.05, 0.1) is 26.2 Å². The van der Waals surface area contributed by atoms with Gasteiger partial charge in [-0.05, 0) is 72.4 Å². The number of rotatable bonds is 8. The average molecular weight is 505 g/mol. The highest BCUT2D eigenvalue weighted by molar-refractivity contribution is 5.75. The van der Waals surface area contributed by atoms with Gasteiger partial charge in [0, 0.05) is 17.5 Å². The highest BCUT2D eigenvalue weighted by Gasteiger charge is 2.29. The molecule has 3 atom stereocenters. The zero-order valence-corrected chi connectivity index (χ0v) is 21.3. The van der Waals surface area contributed by atoms with Gasteiger partial charge < -0.3 is 29.2 Å². The molecule has 0 amide bonds. The van der Waals surface area contributed by atoms with Crippen LogP contribution in [0.4, 0.5) is 0 Å². The number of fused-ring (bicyclic) bond motifs is 1. The molecule has 1 unspecified atom stereocenters. The SMILES string of the molecule is Cc1cc(OC2COC[C@H]2O)cc(C)c1-c1cccc(COc2ccc3c(c2)OC[C@H]3CC(=O)O)c1C. The van der Waals surface area contributed by atoms with Crippen molar-refractivity contribution < 1.29 is 34.0 Å². The topological polar surface area (TPSA) is 94.5 Å². The van der Waals surface area contributed by atoms with Gasteiger partial charge >= 0.3 is 5.97 Å². The lowest BCUT2D eigenvalue weighted by molar-refractivity contribution is -0.137. The van der Waals surface area contributed by atoms with Gasteiger partial charge in [-0.1, -0.05) is 24.3 Å². The highest BCUT2D eigenvalue weighted by atomic mass is 16.6. The van der Waals surface area contributed by atoms with Gasteiger partial charge in [-0.3, -0.25) is 4.79 Å². The first kappa shape index (κ1) is 25.1. The highest BCUT2D eigenvalue weighted by Crippen LogP contribution is 2.39. The quantitative estimate of drug-likeness (QED) is 0.448. The molecule has 5 rings (SSSR count). The largest absolute Gasteiger partial charge is 0.492 e. The molecule has 0 spiro atoms. The maximum atomic E-state index is 11.1. The number of hydrogen-bond acceptors (Lipinski definition) is 6. The summed E-state index contributed by atoms with van der Waals surface area (Å²) in [5.74, 6) is 1.16. The van der Waals surface area contributed by atoms with Crippen LogP contribution in [-0.2, 0) is 16.1 Å². The van der Waals surface area contributed by atoms with E-state index in [0.717, 1.165) is 44.7 Å². The third-order valence-electron chi connectivity index (χ3n) is 7.19. The van der Waals surface area contributed by atoms with E-state index in [-0.39, 0.29) is 18.4 Å². The molecule has 7 nitrogen and oxygen atoms in total. The lowest BCUT2D eigenvalue weighted by Crippen LogP contribution is -2.29. The Bertz CT molecular complexity index is 1290. The molecule has 194 valence electrons. The molecule has 0 bridgehead atoms. The van der Waals surface area contributed by atoms with Crippen molar-refractivity contribution in [2.45, 2.75) is 51.9 Å². The number of hydrogen-bond donors (Lipinski definition) is 2. The molecule has 7 heteroatoms. The molecule has 0 saturated carbocycles. The molecule has 2 aliphatic rings. The van der Waals surface area contributed by atoms with E-state index in [1.54, 1.807) is 0 Å². The Balaban J connectivity index is 1.32. The third-order valence-corrected chi connectivity index (χ3v) is 7.19. The predicted octanol–water partition coefficient (Wildman–Crippen LogP) is 4.95. The minimum absolute atomic E-state index is 0.0576. The number of carbonyl (C=O) groups is 1. The average Bonchev–Trinajstić information content (AvgIpc) is 3.44. The number of aliphatic carboxylic acids is 1. The van der Waals surface area contributed by atoms with Crippen molar-refractivity contribution in [2.75, 3.05) is 19.8 Å². The summed E-state index contributed by atoms with van der Waals surface area (Å²) in [4.78, 5) is 11.1. The van der Waals surface area contributed by atoms with E-state index in [0.29, 0.717) is 37.9 Å². The minimum Gasteiger partial charge on any atom is -0.492 e. The Labute approximate surface area is 216 Å². The molecule has 2 aliphatic heterocycles. The number of carboxylic acid groups (broad SMARTS) is 1. The number of aliphatic hydroxyl groups is 1. The van der Waals surface area contributed by atoms with Crippen LogP contribution in [0.15, 0.2) is 48.5 Å². The molecular formula is C30H32O7. The lowest BCUT2D eigenvalue weighted by Gasteiger charge is -2.20. The molecular weight excluding hydrogens is 472 g/mol. The Morgan fingerprint density at radius 1 is 1.00 bits per heavy atom. The Kier molecular flexibility index (Phi) is 7.09. The maximum absolute atomic E-state index is 11.1. The normalized spacial score (nSPS) is 20.4. The van der Waals surface area contributed by atoms with Crippen molar-refractivity contribution in [1.82, 2.24) is 0 Å². The summed E-state index contributed by atoms with van der Waals surface area (Å²) in [6.07, 6.45) is -0.899. The van der Waals surface area contributed by atoms with Crippen LogP contribution in [0.2, 0.25) is 0 Å². The Hall–Kier alpha value is -3.55. The second kappa shape index (κ2) is 10.4. The van der Waals surface area contributed by atoms with Crippen LogP contribution >= 0.6 is 0 Å². The summed E-state index contributed by atoms with van der Waals surface area (Å²) in [5, 5.41) is 19.1. The molecule has 0 aliphatic carbocycles. The number of aryl methyl sites for hydroxylation is 2. The van der Waals surface area contributed by atoms with Gasteiger partial charge in [0.25, 0.3) is 0 Å². The smallest absolute Gasteiger partial charge is 0.304 e. The zero-order chi connectivity index (χ0) is 26.1. The summed E-state index contributed by atoms with van der Waals surface area (Å²) in [6.45, 7) is 7.72. The van der Waals surface area contributed by atoms with Crippen molar-refractivity contribution in [3.8, 4) is 28.4 Å². The van der Waals surface area contributed by atoms with E-state index in [4.69, 9.17) is 24.1 Å². The van der Waals surface area contributed by atoms with Gasteiger partial charge in [0.1, 0.15) is 36.1 Å². The first-order valence-electron chi connectivity index (χ1n) is 12.5. The van der Waals surface area contributed by atoms with Crippen LogP contribution in [0.1, 0.15) is 40.2 Å². The molecule has 37 heavy (non-hydrogen) atoms. The van der Waals surface area contributed by atoms with Crippen molar-refractivity contribution >= 4 is 5.97 Å². The molecule has 2 N–H and O–H groups in total. The van der Waals surface area contributed by atoms with Gasteiger partial charge in [0.15, 0.2) is 0 Å². The first-order chi connectivity index (χ1) is 17.8. The van der Waals surface area contributed by atoms with Crippen LogP contribution in [-0.4, -0.2) is 48.2 Å². The molecule has 0 radical (unpaired) electrons. The fourth-order valence-corrected chi connectivity index (χ4v) is 5.23. The van der Waals surface area contributed by atoms with Crippen LogP contribution in [0.3, 0.4) is 0 Å². The summed E-state index contributed by atoms with van der Waals surface area (Å²) >= 11 is 0. The van der Waals surface area contributed by atoms with Crippen molar-refractivity contribution in [3.63, 3.8) is 0 Å². The van der Waals surface area contributed by atoms with Crippen molar-refractivity contribution in [3.05, 3.63) is 76.3 Å². The second-order valence-electron chi connectivity index (χ2n) is 9.88. The number of benzene rings is 3. The monoisotopic (exact) mass is 504 g/mol. The Morgan fingerprint density at radius 3 is 2.49 bits per heavy atom. The van der Waals surface area contributed by atoms with Crippen molar-refractivity contribution in [1.29, 1.82) is 0 Å². The number of aliphatic hydroxyl groups excluding tert-OH is 1. The fourth-order valence-electron chi connectivity index (χ4n) is 5.23. The van der Waals surface area contributed by atoms with E-state index < -0.39 is 12.1 Å². The van der Waals surface area contributed by atoms with Crippen LogP contribution < -0.4 is 14.2 Å². The van der Waals surface area contributed by atoms with Crippen LogP contribution in [0.5, 0.6) is 17.2 Å². The predicted molar refractivity (Wildman–Crippen MR) is 139 cm³/mol. The summed E-state index contributed by atoms with van der Waals surface area (Å²) in [6, 6.07) is 15.9. The maximum Gasteiger partial charge on any atom is 0.304 e. The lowest BCUT2D eigenvalue weighted by atomic mass is 9.90. The van der Waals surface area contributed by atoms with E-state index in [1.807, 2.05) is 36.4 Å². The zero-order valence-electron chi connectivity index (χ0n) is 21.3. The minimum atomic E-state index is -0.827. The van der Waals surface area contributed by atoms with E-state index in [2.05, 4.69) is 32.9 Å². The van der Waals surface area contributed by atoms with Crippen LogP contribution in [0, 0.1) is 20.8 Å². The van der Waals surface area contributed by atoms with Gasteiger partial charge in [-0.2, -0.15) is 0 Å². The number of ether oxygens (including phenoxy) is 4. The standard InChI is InChI=1S/C30H32O7/c1-17-9-23(37-28-16-34-15-26(28)31)10-18(2)30(17)24-6-4-5-20(19(24)3)13-35-22-7-8-25-21(11-29(32)33)14-36-27(25)12-22/h4-10,12,21,26,28,31H,11,13-16H2,1-3H3,(H,32,33)/t21-,26-,28?/m1/s1. The molecule has 2 heterocycles. The van der Waals surface area contributed by atoms with Crippen molar-refractivity contribution in [2.24, 2.45) is 0 Å². The summed E-state index contributed by atoms with van der Waals surface area (Å²) < 4.78 is 23.1. The first-order valence-corrected chi connectivity index (χ1v) is 12.5. The molecule has 0 aromatic heterocycles. The molecule has 3 aromatic carbocycles. The third kappa shape index (κ3) is 5.29. The Morgan fingerprint density at radius 2 is 1.78 bits per heavy atom. The summed E-state index contributed by atoms with van der Waals surface area (Å²) in [7, 11) is 0. The molecule has 1 fully saturated rings. The van der Waals surface area contributed by atoms with E-state index in [1.165, 1.54) is 0 Å². The summed E-state index contributed by atoms with van der Waals surface area (Å²) in [5.41, 5.74) is 7.62. The van der Waals surface area contributed by atoms with E-state index in [9.17, 15) is 9.90 Å². The molecule has 1 saturated heterocycles. The fraction of sp³-hybridized carbons (Fsp3) is 0.367. The van der Waals surface area contributed by atoms with Crippen LogP contribution in [0.25, 0.3) is 11.1 Å². The van der Waals surface area contributed by atoms with Gasteiger partial charge in [-0.15, -0.1) is 0 Å². The van der Waals surface area contributed by atoms with Gasteiger partial charge in [0.2, 0.25) is 0 Å². The van der Waals surface area contributed by atoms with E-state index >= 15 is 0 Å².